The van der Waals surface area contributed by atoms with Crippen LogP contribution in [0.2, 0.25) is 0 Å². The van der Waals surface area contributed by atoms with Crippen LogP contribution in [0.3, 0.4) is 0 Å². The van der Waals surface area contributed by atoms with Gasteiger partial charge in [0.25, 0.3) is 0 Å². The van der Waals surface area contributed by atoms with Crippen molar-refractivity contribution in [1.82, 2.24) is 25.1 Å². The summed E-state index contributed by atoms with van der Waals surface area (Å²) in [5.41, 5.74) is 2.15. The number of aromatic amines is 1. The standard InChI is InChI=1S/C21H31N5O/c1-16-14-17(15-22-6-3-9-26-12-10-25(2)11-13-26)27-20(16)18-4-7-23-21-19(18)5-8-24-21/h4-5,7-8,14,16,20,22H,3,6,9-13,15H2,1-2H3,(H,23,24). The number of nitrogens with zero attached hydrogens (tertiary/aromatic N) is 3. The zero-order chi connectivity index (χ0) is 18.6. The van der Waals surface area contributed by atoms with E-state index in [4.69, 9.17) is 4.74 Å². The van der Waals surface area contributed by atoms with Crippen molar-refractivity contribution in [3.8, 4) is 0 Å². The number of hydrogen-bond donors (Lipinski definition) is 2. The van der Waals surface area contributed by atoms with Crippen molar-refractivity contribution in [2.75, 3.05) is 52.9 Å². The third-order valence-corrected chi connectivity index (χ3v) is 5.73. The van der Waals surface area contributed by atoms with E-state index in [1.165, 1.54) is 44.7 Å². The molecule has 4 heterocycles. The molecule has 2 aliphatic rings. The number of nitrogens with one attached hydrogen (secondary N) is 2. The number of fused-ring (bicyclic) bond motifs is 1. The second-order valence-electron chi connectivity index (χ2n) is 7.85. The first-order valence-electron chi connectivity index (χ1n) is 10.1. The van der Waals surface area contributed by atoms with Crippen LogP contribution in [0.25, 0.3) is 11.0 Å². The molecule has 2 atom stereocenters. The van der Waals surface area contributed by atoms with E-state index >= 15 is 0 Å². The van der Waals surface area contributed by atoms with E-state index in [9.17, 15) is 0 Å². The Morgan fingerprint density at radius 1 is 1.26 bits per heavy atom. The summed E-state index contributed by atoms with van der Waals surface area (Å²) < 4.78 is 6.29. The first-order valence-corrected chi connectivity index (χ1v) is 10.1. The summed E-state index contributed by atoms with van der Waals surface area (Å²) >= 11 is 0. The third-order valence-electron chi connectivity index (χ3n) is 5.73. The van der Waals surface area contributed by atoms with Crippen LogP contribution >= 0.6 is 0 Å². The first-order chi connectivity index (χ1) is 13.2. The summed E-state index contributed by atoms with van der Waals surface area (Å²) in [6.07, 6.45) is 7.32. The molecule has 0 radical (unpaired) electrons. The molecule has 146 valence electrons. The molecule has 4 rings (SSSR count). The molecule has 27 heavy (non-hydrogen) atoms. The smallest absolute Gasteiger partial charge is 0.137 e. The van der Waals surface area contributed by atoms with Gasteiger partial charge in [0, 0.05) is 55.4 Å². The van der Waals surface area contributed by atoms with Gasteiger partial charge in [-0.3, -0.25) is 0 Å². The predicted octanol–water partition coefficient (Wildman–Crippen LogP) is 2.38. The Morgan fingerprint density at radius 2 is 2.11 bits per heavy atom. The Kier molecular flexibility index (Phi) is 5.76. The lowest BCUT2D eigenvalue weighted by Gasteiger charge is -2.32. The Morgan fingerprint density at radius 3 is 2.96 bits per heavy atom. The van der Waals surface area contributed by atoms with Crippen molar-refractivity contribution < 1.29 is 4.74 Å². The predicted molar refractivity (Wildman–Crippen MR) is 109 cm³/mol. The number of piperazine rings is 1. The molecule has 0 amide bonds. The minimum Gasteiger partial charge on any atom is -0.488 e. The van der Waals surface area contributed by atoms with Gasteiger partial charge in [0.15, 0.2) is 0 Å². The highest BCUT2D eigenvalue weighted by Gasteiger charge is 2.28. The maximum Gasteiger partial charge on any atom is 0.137 e. The summed E-state index contributed by atoms with van der Waals surface area (Å²) in [7, 11) is 2.20. The van der Waals surface area contributed by atoms with Crippen LogP contribution < -0.4 is 5.32 Å². The monoisotopic (exact) mass is 369 g/mol. The highest BCUT2D eigenvalue weighted by Crippen LogP contribution is 2.38. The molecule has 6 nitrogen and oxygen atoms in total. The van der Waals surface area contributed by atoms with Gasteiger partial charge in [-0.05, 0) is 44.8 Å². The summed E-state index contributed by atoms with van der Waals surface area (Å²) in [6, 6.07) is 4.17. The van der Waals surface area contributed by atoms with Crippen molar-refractivity contribution in [2.24, 2.45) is 5.92 Å². The topological polar surface area (TPSA) is 56.4 Å². The number of likely N-dealkylation sites (N-methyl/N-ethyl adjacent to an activating group) is 1. The summed E-state index contributed by atoms with van der Waals surface area (Å²) in [5, 5.41) is 4.71. The minimum absolute atomic E-state index is 0.0773. The molecule has 2 aromatic rings. The third kappa shape index (κ3) is 4.34. The van der Waals surface area contributed by atoms with Gasteiger partial charge in [0.05, 0.1) is 6.54 Å². The lowest BCUT2D eigenvalue weighted by molar-refractivity contribution is 0.115. The van der Waals surface area contributed by atoms with Crippen molar-refractivity contribution in [2.45, 2.75) is 19.4 Å². The number of aromatic nitrogens is 2. The van der Waals surface area contributed by atoms with Crippen LogP contribution in [0.5, 0.6) is 0 Å². The highest BCUT2D eigenvalue weighted by molar-refractivity contribution is 5.79. The van der Waals surface area contributed by atoms with E-state index in [1.807, 2.05) is 12.4 Å². The zero-order valence-electron chi connectivity index (χ0n) is 16.4. The van der Waals surface area contributed by atoms with E-state index in [2.05, 4.69) is 57.3 Å². The second kappa shape index (κ2) is 8.42. The molecule has 0 saturated carbocycles. The Bertz CT molecular complexity index is 778. The van der Waals surface area contributed by atoms with Crippen molar-refractivity contribution in [3.05, 3.63) is 41.9 Å². The molecule has 2 unspecified atom stereocenters. The molecule has 2 aliphatic heterocycles. The maximum atomic E-state index is 6.29. The van der Waals surface area contributed by atoms with E-state index in [1.54, 1.807) is 0 Å². The lowest BCUT2D eigenvalue weighted by Crippen LogP contribution is -2.45. The molecule has 0 bridgehead atoms. The molecule has 0 aliphatic carbocycles. The van der Waals surface area contributed by atoms with Gasteiger partial charge >= 0.3 is 0 Å². The van der Waals surface area contributed by atoms with E-state index < -0.39 is 0 Å². The van der Waals surface area contributed by atoms with Gasteiger partial charge in [0.1, 0.15) is 17.5 Å². The zero-order valence-corrected chi connectivity index (χ0v) is 16.4. The van der Waals surface area contributed by atoms with Gasteiger partial charge < -0.3 is 24.8 Å². The fraction of sp³-hybridized carbons (Fsp3) is 0.571. The molecule has 2 N–H and O–H groups in total. The summed E-state index contributed by atoms with van der Waals surface area (Å²) in [5.74, 6) is 1.43. The molecule has 0 spiro atoms. The Hall–Kier alpha value is -1.89. The van der Waals surface area contributed by atoms with Crippen molar-refractivity contribution in [1.29, 1.82) is 0 Å². The minimum atomic E-state index is 0.0773. The Balaban J connectivity index is 1.22. The fourth-order valence-electron chi connectivity index (χ4n) is 4.08. The van der Waals surface area contributed by atoms with E-state index in [-0.39, 0.29) is 6.10 Å². The van der Waals surface area contributed by atoms with Gasteiger partial charge in [-0.15, -0.1) is 0 Å². The average Bonchev–Trinajstić information content (AvgIpc) is 3.29. The lowest BCUT2D eigenvalue weighted by atomic mass is 9.97. The molecule has 0 aromatic carbocycles. The fourth-order valence-corrected chi connectivity index (χ4v) is 4.08. The van der Waals surface area contributed by atoms with Crippen molar-refractivity contribution in [3.63, 3.8) is 0 Å². The SMILES string of the molecule is CC1C=C(CNCCCN2CCN(C)CC2)OC1c1ccnc2[nH]ccc12. The van der Waals surface area contributed by atoms with Crippen LogP contribution in [0.1, 0.15) is 25.0 Å². The number of hydrogen-bond acceptors (Lipinski definition) is 5. The summed E-state index contributed by atoms with van der Waals surface area (Å²) in [4.78, 5) is 12.5. The van der Waals surface area contributed by atoms with E-state index in [0.29, 0.717) is 5.92 Å². The van der Waals surface area contributed by atoms with Crippen LogP contribution in [-0.4, -0.2) is 72.6 Å². The number of H-pyrrole nitrogens is 1. The number of rotatable bonds is 7. The Labute approximate surface area is 161 Å². The van der Waals surface area contributed by atoms with Crippen LogP contribution in [-0.2, 0) is 4.74 Å². The van der Waals surface area contributed by atoms with Gasteiger partial charge in [-0.25, -0.2) is 4.98 Å². The van der Waals surface area contributed by atoms with Crippen molar-refractivity contribution >= 4 is 11.0 Å². The summed E-state index contributed by atoms with van der Waals surface area (Å²) in [6.45, 7) is 10.0. The number of ether oxygens (including phenoxy) is 1. The highest BCUT2D eigenvalue weighted by atomic mass is 16.5. The number of pyridine rings is 1. The molecule has 1 fully saturated rings. The van der Waals surface area contributed by atoms with Crippen LogP contribution in [0, 0.1) is 5.92 Å². The molecule has 1 saturated heterocycles. The molecule has 6 heteroatoms. The van der Waals surface area contributed by atoms with Crippen LogP contribution in [0.15, 0.2) is 36.4 Å². The van der Waals surface area contributed by atoms with Gasteiger partial charge in [-0.2, -0.15) is 0 Å². The van der Waals surface area contributed by atoms with Crippen LogP contribution in [0.4, 0.5) is 0 Å². The average molecular weight is 370 g/mol. The van der Waals surface area contributed by atoms with Gasteiger partial charge in [0.2, 0.25) is 0 Å². The quantitative estimate of drug-likeness (QED) is 0.734. The second-order valence-corrected chi connectivity index (χ2v) is 7.85. The first kappa shape index (κ1) is 18.5. The maximum absolute atomic E-state index is 6.29. The largest absolute Gasteiger partial charge is 0.488 e. The normalized spacial score (nSPS) is 24.3. The van der Waals surface area contributed by atoms with Gasteiger partial charge in [-0.1, -0.05) is 6.92 Å². The molecule has 2 aromatic heterocycles. The molecular weight excluding hydrogens is 338 g/mol. The van der Waals surface area contributed by atoms with E-state index in [0.717, 1.165) is 29.9 Å². The molecular formula is C21H31N5O.